The van der Waals surface area contributed by atoms with Gasteiger partial charge in [0.15, 0.2) is 0 Å². The van der Waals surface area contributed by atoms with Crippen molar-refractivity contribution in [3.05, 3.63) is 0 Å². The topological polar surface area (TPSA) is 6.48 Å². The summed E-state index contributed by atoms with van der Waals surface area (Å²) in [4.78, 5) is 5.70. The summed E-state index contributed by atoms with van der Waals surface area (Å²) in [6.07, 6.45) is 13.9. The zero-order chi connectivity index (χ0) is 11.7. The van der Waals surface area contributed by atoms with E-state index in [0.717, 1.165) is 18.2 Å². The van der Waals surface area contributed by atoms with Gasteiger partial charge in [-0.2, -0.15) is 0 Å². The second-order valence-electron chi connectivity index (χ2n) is 6.28. The van der Waals surface area contributed by atoms with Gasteiger partial charge < -0.3 is 0 Å². The molecule has 3 heterocycles. The molecule has 2 heteroatoms. The van der Waals surface area contributed by atoms with Crippen LogP contribution in [0.1, 0.15) is 64.7 Å². The summed E-state index contributed by atoms with van der Waals surface area (Å²) >= 11 is 0. The van der Waals surface area contributed by atoms with Gasteiger partial charge in [0, 0.05) is 18.6 Å². The molecule has 0 aromatic heterocycles. The van der Waals surface area contributed by atoms with Crippen LogP contribution in [0, 0.1) is 0 Å². The van der Waals surface area contributed by atoms with Crippen LogP contribution in [0.25, 0.3) is 0 Å². The molecule has 0 radical (unpaired) electrons. The molecule has 0 bridgehead atoms. The van der Waals surface area contributed by atoms with E-state index in [9.17, 15) is 0 Å². The third-order valence-electron chi connectivity index (χ3n) is 5.22. The predicted molar refractivity (Wildman–Crippen MR) is 72.0 cm³/mol. The molecule has 0 N–H and O–H groups in total. The Morgan fingerprint density at radius 1 is 1.00 bits per heavy atom. The molecule has 3 aliphatic heterocycles. The van der Waals surface area contributed by atoms with Crippen LogP contribution in [-0.4, -0.2) is 41.1 Å². The SMILES string of the molecule is CCCCC[C@@H]1CC2CCCN2C2CCCN21. The van der Waals surface area contributed by atoms with Gasteiger partial charge in [0.25, 0.3) is 0 Å². The Morgan fingerprint density at radius 3 is 2.71 bits per heavy atom. The van der Waals surface area contributed by atoms with Crippen LogP contribution >= 0.6 is 0 Å². The average molecular weight is 236 g/mol. The minimum atomic E-state index is 0.836. The fourth-order valence-corrected chi connectivity index (χ4v) is 4.42. The van der Waals surface area contributed by atoms with Crippen molar-refractivity contribution in [3.63, 3.8) is 0 Å². The summed E-state index contributed by atoms with van der Waals surface area (Å²) in [7, 11) is 0. The third kappa shape index (κ3) is 2.26. The van der Waals surface area contributed by atoms with Gasteiger partial charge in [0.1, 0.15) is 0 Å². The van der Waals surface area contributed by atoms with Crippen LogP contribution in [0.4, 0.5) is 0 Å². The molecule has 98 valence electrons. The maximum Gasteiger partial charge on any atom is 0.0627 e. The number of rotatable bonds is 4. The molecule has 3 saturated heterocycles. The summed E-state index contributed by atoms with van der Waals surface area (Å²) < 4.78 is 0. The lowest BCUT2D eigenvalue weighted by Gasteiger charge is -2.47. The number of fused-ring (bicyclic) bond motifs is 3. The quantitative estimate of drug-likeness (QED) is 0.692. The van der Waals surface area contributed by atoms with Gasteiger partial charge in [-0.25, -0.2) is 0 Å². The van der Waals surface area contributed by atoms with E-state index >= 15 is 0 Å². The summed E-state index contributed by atoms with van der Waals surface area (Å²) in [5.41, 5.74) is 0. The van der Waals surface area contributed by atoms with Gasteiger partial charge in [-0.1, -0.05) is 26.2 Å². The van der Waals surface area contributed by atoms with Crippen molar-refractivity contribution in [2.45, 2.75) is 83.0 Å². The number of hydrogen-bond acceptors (Lipinski definition) is 2. The second-order valence-corrected chi connectivity index (χ2v) is 6.28. The largest absolute Gasteiger partial charge is 0.285 e. The van der Waals surface area contributed by atoms with E-state index in [2.05, 4.69) is 16.7 Å². The highest BCUT2D eigenvalue weighted by Gasteiger charge is 2.44. The van der Waals surface area contributed by atoms with Crippen LogP contribution in [0.2, 0.25) is 0 Å². The molecule has 2 unspecified atom stereocenters. The van der Waals surface area contributed by atoms with E-state index in [4.69, 9.17) is 0 Å². The summed E-state index contributed by atoms with van der Waals surface area (Å²) in [6.45, 7) is 5.08. The molecule has 0 aliphatic carbocycles. The van der Waals surface area contributed by atoms with Crippen LogP contribution in [0.15, 0.2) is 0 Å². The predicted octanol–water partition coefficient (Wildman–Crippen LogP) is 3.23. The standard InChI is InChI=1S/C15H28N2/c1-2-3-4-7-13-12-14-8-5-10-16(14)15-9-6-11-17(13)15/h13-15H,2-12H2,1H3/t13-,14?,15?/m1/s1. The Morgan fingerprint density at radius 2 is 1.82 bits per heavy atom. The van der Waals surface area contributed by atoms with Gasteiger partial charge in [-0.05, 0) is 45.1 Å². The number of hydrogen-bond donors (Lipinski definition) is 0. The average Bonchev–Trinajstić information content (AvgIpc) is 2.96. The van der Waals surface area contributed by atoms with Gasteiger partial charge in [-0.3, -0.25) is 9.80 Å². The van der Waals surface area contributed by atoms with Gasteiger partial charge in [0.2, 0.25) is 0 Å². The molecule has 2 nitrogen and oxygen atoms in total. The van der Waals surface area contributed by atoms with Crippen molar-refractivity contribution in [3.8, 4) is 0 Å². The maximum atomic E-state index is 2.86. The van der Waals surface area contributed by atoms with E-state index in [0.29, 0.717) is 0 Å². The minimum absolute atomic E-state index is 0.836. The molecule has 0 aromatic carbocycles. The Balaban J connectivity index is 1.63. The molecular weight excluding hydrogens is 208 g/mol. The Labute approximate surface area is 106 Å². The molecule has 17 heavy (non-hydrogen) atoms. The highest BCUT2D eigenvalue weighted by molar-refractivity contribution is 4.97. The molecular formula is C15H28N2. The lowest BCUT2D eigenvalue weighted by molar-refractivity contribution is -0.0256. The normalized spacial score (nSPS) is 38.3. The minimum Gasteiger partial charge on any atom is -0.285 e. The first kappa shape index (κ1) is 12.0. The smallest absolute Gasteiger partial charge is 0.0627 e. The summed E-state index contributed by atoms with van der Waals surface area (Å²) in [5, 5.41) is 0. The van der Waals surface area contributed by atoms with Gasteiger partial charge in [-0.15, -0.1) is 0 Å². The fraction of sp³-hybridized carbons (Fsp3) is 1.00. The summed E-state index contributed by atoms with van der Waals surface area (Å²) in [5.74, 6) is 0. The highest BCUT2D eigenvalue weighted by atomic mass is 15.4. The highest BCUT2D eigenvalue weighted by Crippen LogP contribution is 2.38. The first-order valence-corrected chi connectivity index (χ1v) is 7.91. The van der Waals surface area contributed by atoms with Crippen molar-refractivity contribution in [1.29, 1.82) is 0 Å². The van der Waals surface area contributed by atoms with Crippen LogP contribution in [0.3, 0.4) is 0 Å². The molecule has 3 aliphatic rings. The molecule has 3 rings (SSSR count). The molecule has 3 fully saturated rings. The van der Waals surface area contributed by atoms with Gasteiger partial charge in [0.05, 0.1) is 6.17 Å². The molecule has 0 spiro atoms. The van der Waals surface area contributed by atoms with Crippen molar-refractivity contribution < 1.29 is 0 Å². The Kier molecular flexibility index (Phi) is 3.72. The monoisotopic (exact) mass is 236 g/mol. The zero-order valence-corrected chi connectivity index (χ0v) is 11.4. The van der Waals surface area contributed by atoms with Crippen molar-refractivity contribution in [1.82, 2.24) is 9.80 Å². The Bertz CT molecular complexity index is 253. The molecule has 3 atom stereocenters. The van der Waals surface area contributed by atoms with Crippen LogP contribution in [0.5, 0.6) is 0 Å². The maximum absolute atomic E-state index is 2.86. The number of nitrogens with zero attached hydrogens (tertiary/aromatic N) is 2. The van der Waals surface area contributed by atoms with E-state index in [-0.39, 0.29) is 0 Å². The van der Waals surface area contributed by atoms with E-state index in [1.165, 1.54) is 70.9 Å². The van der Waals surface area contributed by atoms with E-state index in [1.54, 1.807) is 0 Å². The molecule has 0 saturated carbocycles. The van der Waals surface area contributed by atoms with Crippen molar-refractivity contribution in [2.24, 2.45) is 0 Å². The van der Waals surface area contributed by atoms with Gasteiger partial charge >= 0.3 is 0 Å². The van der Waals surface area contributed by atoms with Crippen molar-refractivity contribution in [2.75, 3.05) is 13.1 Å². The fourth-order valence-electron chi connectivity index (χ4n) is 4.42. The van der Waals surface area contributed by atoms with Crippen LogP contribution in [-0.2, 0) is 0 Å². The second kappa shape index (κ2) is 5.27. The third-order valence-corrected chi connectivity index (χ3v) is 5.22. The molecule has 0 amide bonds. The van der Waals surface area contributed by atoms with Crippen molar-refractivity contribution >= 4 is 0 Å². The summed E-state index contributed by atoms with van der Waals surface area (Å²) in [6, 6.07) is 1.87. The van der Waals surface area contributed by atoms with Crippen LogP contribution < -0.4 is 0 Å². The first-order valence-electron chi connectivity index (χ1n) is 7.91. The number of unbranched alkanes of at least 4 members (excludes halogenated alkanes) is 2. The lowest BCUT2D eigenvalue weighted by atomic mass is 9.95. The lowest BCUT2D eigenvalue weighted by Crippen LogP contribution is -2.57. The van der Waals surface area contributed by atoms with E-state index < -0.39 is 0 Å². The zero-order valence-electron chi connectivity index (χ0n) is 11.4. The van der Waals surface area contributed by atoms with E-state index in [1.807, 2.05) is 0 Å². The molecule has 0 aromatic rings. The first-order chi connectivity index (χ1) is 8.40. The Hall–Kier alpha value is -0.0800.